The van der Waals surface area contributed by atoms with E-state index in [9.17, 15) is 9.59 Å². The summed E-state index contributed by atoms with van der Waals surface area (Å²) in [5.41, 5.74) is 0.905. The van der Waals surface area contributed by atoms with Gasteiger partial charge >= 0.3 is 6.09 Å². The van der Waals surface area contributed by atoms with E-state index in [2.05, 4.69) is 5.32 Å². The molecular formula is C15H22N2O3. The lowest BCUT2D eigenvalue weighted by atomic mass is 10.0. The zero-order valence-electron chi connectivity index (χ0n) is 12.4. The lowest BCUT2D eigenvalue weighted by Gasteiger charge is -2.24. The Morgan fingerprint density at radius 3 is 2.30 bits per heavy atom. The molecule has 1 N–H and O–H groups in total. The summed E-state index contributed by atoms with van der Waals surface area (Å²) < 4.78 is 5.12. The van der Waals surface area contributed by atoms with Crippen molar-refractivity contribution in [2.45, 2.75) is 26.5 Å². The summed E-state index contributed by atoms with van der Waals surface area (Å²) in [6.07, 6.45) is -0.581. The number of hydrogen-bond donors (Lipinski definition) is 1. The molecule has 0 unspecified atom stereocenters. The van der Waals surface area contributed by atoms with Crippen molar-refractivity contribution in [2.24, 2.45) is 5.92 Å². The van der Waals surface area contributed by atoms with Gasteiger partial charge in [0.25, 0.3) is 0 Å². The molecule has 0 bridgehead atoms. The molecule has 0 radical (unpaired) electrons. The Labute approximate surface area is 119 Å². The monoisotopic (exact) mass is 278 g/mol. The fraction of sp³-hybridized carbons (Fsp3) is 0.467. The number of hydrogen-bond acceptors (Lipinski definition) is 3. The largest absolute Gasteiger partial charge is 0.445 e. The zero-order valence-corrected chi connectivity index (χ0v) is 12.4. The van der Waals surface area contributed by atoms with E-state index in [1.165, 1.54) is 4.90 Å². The summed E-state index contributed by atoms with van der Waals surface area (Å²) in [7, 11) is 3.32. The molecule has 2 amide bonds. The van der Waals surface area contributed by atoms with Crippen LogP contribution in [0.4, 0.5) is 4.79 Å². The number of alkyl carbamates (subject to hydrolysis) is 1. The van der Waals surface area contributed by atoms with Crippen LogP contribution < -0.4 is 5.32 Å². The minimum atomic E-state index is -0.581. The van der Waals surface area contributed by atoms with Gasteiger partial charge in [0.05, 0.1) is 0 Å². The van der Waals surface area contributed by atoms with E-state index in [1.54, 1.807) is 14.1 Å². The van der Waals surface area contributed by atoms with Crippen LogP contribution in [0.5, 0.6) is 0 Å². The van der Waals surface area contributed by atoms with Gasteiger partial charge in [-0.25, -0.2) is 4.79 Å². The Morgan fingerprint density at radius 1 is 1.20 bits per heavy atom. The number of amides is 2. The second-order valence-electron chi connectivity index (χ2n) is 5.16. The van der Waals surface area contributed by atoms with Gasteiger partial charge in [-0.1, -0.05) is 44.2 Å². The summed E-state index contributed by atoms with van der Waals surface area (Å²) in [5.74, 6) is -0.147. The van der Waals surface area contributed by atoms with Gasteiger partial charge in [0.2, 0.25) is 5.91 Å². The first-order valence-corrected chi connectivity index (χ1v) is 6.60. The van der Waals surface area contributed by atoms with Crippen molar-refractivity contribution in [3.05, 3.63) is 35.9 Å². The summed E-state index contributed by atoms with van der Waals surface area (Å²) in [6.45, 7) is 3.95. The summed E-state index contributed by atoms with van der Waals surface area (Å²) in [5, 5.41) is 2.62. The van der Waals surface area contributed by atoms with E-state index >= 15 is 0 Å². The Balaban J connectivity index is 2.52. The van der Waals surface area contributed by atoms with E-state index in [0.717, 1.165) is 5.56 Å². The van der Waals surface area contributed by atoms with Gasteiger partial charge in [-0.05, 0) is 11.5 Å². The van der Waals surface area contributed by atoms with Crippen LogP contribution in [-0.2, 0) is 16.1 Å². The van der Waals surface area contributed by atoms with Crippen LogP contribution in [0, 0.1) is 5.92 Å². The third kappa shape index (κ3) is 4.91. The molecule has 0 heterocycles. The Morgan fingerprint density at radius 2 is 1.80 bits per heavy atom. The van der Waals surface area contributed by atoms with Crippen LogP contribution in [0.1, 0.15) is 19.4 Å². The van der Waals surface area contributed by atoms with Crippen LogP contribution in [0.2, 0.25) is 0 Å². The van der Waals surface area contributed by atoms with E-state index in [1.807, 2.05) is 44.2 Å². The van der Waals surface area contributed by atoms with E-state index in [-0.39, 0.29) is 18.4 Å². The molecule has 1 rings (SSSR count). The van der Waals surface area contributed by atoms with Crippen LogP contribution in [0.25, 0.3) is 0 Å². The molecule has 0 spiro atoms. The molecule has 20 heavy (non-hydrogen) atoms. The molecule has 0 aliphatic heterocycles. The van der Waals surface area contributed by atoms with Crippen molar-refractivity contribution in [1.29, 1.82) is 0 Å². The van der Waals surface area contributed by atoms with Gasteiger partial charge < -0.3 is 15.0 Å². The van der Waals surface area contributed by atoms with Crippen molar-refractivity contribution in [2.75, 3.05) is 14.1 Å². The number of ether oxygens (including phenoxy) is 1. The van der Waals surface area contributed by atoms with Crippen molar-refractivity contribution in [1.82, 2.24) is 10.2 Å². The van der Waals surface area contributed by atoms with Gasteiger partial charge in [0.1, 0.15) is 12.6 Å². The molecule has 1 aromatic rings. The van der Waals surface area contributed by atoms with E-state index in [0.29, 0.717) is 0 Å². The Bertz CT molecular complexity index is 444. The second kappa shape index (κ2) is 7.53. The summed E-state index contributed by atoms with van der Waals surface area (Å²) in [4.78, 5) is 25.2. The predicted molar refractivity (Wildman–Crippen MR) is 77.1 cm³/mol. The predicted octanol–water partition coefficient (Wildman–Crippen LogP) is 2.03. The first-order chi connectivity index (χ1) is 9.41. The van der Waals surface area contributed by atoms with Gasteiger partial charge in [-0.15, -0.1) is 0 Å². The maximum atomic E-state index is 11.9. The molecule has 1 aromatic carbocycles. The number of nitrogens with zero attached hydrogens (tertiary/aromatic N) is 1. The highest BCUT2D eigenvalue weighted by atomic mass is 16.5. The molecule has 0 saturated heterocycles. The third-order valence-corrected chi connectivity index (χ3v) is 2.86. The van der Waals surface area contributed by atoms with E-state index in [4.69, 9.17) is 4.74 Å². The number of carbonyl (C=O) groups is 2. The van der Waals surface area contributed by atoms with Crippen molar-refractivity contribution in [3.63, 3.8) is 0 Å². The molecule has 5 heteroatoms. The molecule has 1 atom stereocenters. The average Bonchev–Trinajstić information content (AvgIpc) is 2.42. The lowest BCUT2D eigenvalue weighted by molar-refractivity contribution is -0.131. The summed E-state index contributed by atoms with van der Waals surface area (Å²) >= 11 is 0. The normalized spacial score (nSPS) is 11.8. The minimum absolute atomic E-state index is 0.00539. The van der Waals surface area contributed by atoms with Crippen LogP contribution in [0.3, 0.4) is 0 Å². The SMILES string of the molecule is CC(C)[C@@H](NC(=O)OCc1ccccc1)C(=O)N(C)C. The highest BCUT2D eigenvalue weighted by Gasteiger charge is 2.25. The van der Waals surface area contributed by atoms with Crippen molar-refractivity contribution >= 4 is 12.0 Å². The molecule has 0 aliphatic carbocycles. The van der Waals surface area contributed by atoms with Crippen LogP contribution in [-0.4, -0.2) is 37.0 Å². The molecule has 0 aromatic heterocycles. The minimum Gasteiger partial charge on any atom is -0.445 e. The number of rotatable bonds is 5. The number of carbonyl (C=O) groups excluding carboxylic acids is 2. The van der Waals surface area contributed by atoms with Gasteiger partial charge in [-0.3, -0.25) is 4.79 Å². The standard InChI is InChI=1S/C15H22N2O3/c1-11(2)13(14(18)17(3)4)16-15(19)20-10-12-8-6-5-7-9-12/h5-9,11,13H,10H2,1-4H3,(H,16,19)/t13-/m1/s1. The van der Waals surface area contributed by atoms with Gasteiger partial charge in [0.15, 0.2) is 0 Å². The Kier molecular flexibility index (Phi) is 6.03. The molecule has 0 saturated carbocycles. The lowest BCUT2D eigenvalue weighted by Crippen LogP contribution is -2.49. The fourth-order valence-corrected chi connectivity index (χ4v) is 1.68. The highest BCUT2D eigenvalue weighted by Crippen LogP contribution is 2.06. The highest BCUT2D eigenvalue weighted by molar-refractivity contribution is 5.85. The molecule has 5 nitrogen and oxygen atoms in total. The summed E-state index contributed by atoms with van der Waals surface area (Å²) in [6, 6.07) is 8.82. The smallest absolute Gasteiger partial charge is 0.408 e. The number of nitrogens with one attached hydrogen (secondary N) is 1. The van der Waals surface area contributed by atoms with Crippen molar-refractivity contribution in [3.8, 4) is 0 Å². The van der Waals surface area contributed by atoms with Gasteiger partial charge in [-0.2, -0.15) is 0 Å². The van der Waals surface area contributed by atoms with Gasteiger partial charge in [0, 0.05) is 14.1 Å². The first-order valence-electron chi connectivity index (χ1n) is 6.60. The quantitative estimate of drug-likeness (QED) is 0.896. The van der Waals surface area contributed by atoms with E-state index < -0.39 is 12.1 Å². The maximum Gasteiger partial charge on any atom is 0.408 e. The number of benzene rings is 1. The second-order valence-corrected chi connectivity index (χ2v) is 5.16. The molecule has 0 aliphatic rings. The number of likely N-dealkylation sites (N-methyl/N-ethyl adjacent to an activating group) is 1. The van der Waals surface area contributed by atoms with Crippen LogP contribution in [0.15, 0.2) is 30.3 Å². The Hall–Kier alpha value is -2.04. The van der Waals surface area contributed by atoms with Crippen molar-refractivity contribution < 1.29 is 14.3 Å². The topological polar surface area (TPSA) is 58.6 Å². The molecule has 0 fully saturated rings. The fourth-order valence-electron chi connectivity index (χ4n) is 1.68. The average molecular weight is 278 g/mol. The maximum absolute atomic E-state index is 11.9. The third-order valence-electron chi connectivity index (χ3n) is 2.86. The molecule has 110 valence electrons. The zero-order chi connectivity index (χ0) is 15.1. The van der Waals surface area contributed by atoms with Crippen LogP contribution >= 0.6 is 0 Å². The molecular weight excluding hydrogens is 256 g/mol. The first kappa shape index (κ1) is 16.0.